The van der Waals surface area contributed by atoms with E-state index in [-0.39, 0.29) is 11.4 Å². The molecule has 1 N–H and O–H groups in total. The summed E-state index contributed by atoms with van der Waals surface area (Å²) in [5.74, 6) is -2.05. The van der Waals surface area contributed by atoms with Crippen molar-refractivity contribution in [2.75, 3.05) is 0 Å². The van der Waals surface area contributed by atoms with Gasteiger partial charge in [-0.3, -0.25) is 4.79 Å². The lowest BCUT2D eigenvalue weighted by Gasteiger charge is -2.18. The molecule has 0 aliphatic carbocycles. The van der Waals surface area contributed by atoms with Gasteiger partial charge >= 0.3 is 6.18 Å². The molecule has 0 bridgehead atoms. The van der Waals surface area contributed by atoms with Crippen LogP contribution in [0.3, 0.4) is 0 Å². The molecule has 0 aromatic carbocycles. The van der Waals surface area contributed by atoms with Gasteiger partial charge in [0, 0.05) is 6.92 Å². The van der Waals surface area contributed by atoms with E-state index in [1.165, 1.54) is 13.8 Å². The fourth-order valence-corrected chi connectivity index (χ4v) is 1.07. The Bertz CT molecular complexity index is 418. The molecule has 0 aliphatic heterocycles. The highest BCUT2D eigenvalue weighted by molar-refractivity contribution is 5.92. The minimum Gasteiger partial charge on any atom is -0.384 e. The zero-order valence-electron chi connectivity index (χ0n) is 9.46. The molecule has 17 heavy (non-hydrogen) atoms. The first kappa shape index (κ1) is 13.6. The molecule has 0 unspecified atom stereocenters. The Morgan fingerprint density at radius 2 is 1.82 bits per heavy atom. The molecule has 0 amide bonds. The summed E-state index contributed by atoms with van der Waals surface area (Å²) in [5.41, 5.74) is -2.19. The summed E-state index contributed by atoms with van der Waals surface area (Å²) in [7, 11) is 0. The number of carbonyl (C=O) groups is 1. The topological polar surface area (TPSA) is 63.1 Å². The number of rotatable bonds is 2. The lowest BCUT2D eigenvalue weighted by molar-refractivity contribution is -0.145. The number of ketones is 1. The zero-order chi connectivity index (χ0) is 13.4. The van der Waals surface area contributed by atoms with Crippen LogP contribution in [0.2, 0.25) is 0 Å². The van der Waals surface area contributed by atoms with E-state index in [4.69, 9.17) is 0 Å². The van der Waals surface area contributed by atoms with Crippen molar-refractivity contribution >= 4 is 5.78 Å². The van der Waals surface area contributed by atoms with Crippen molar-refractivity contribution in [1.82, 2.24) is 9.97 Å². The van der Waals surface area contributed by atoms with Gasteiger partial charge in [-0.25, -0.2) is 9.97 Å². The van der Waals surface area contributed by atoms with Crippen LogP contribution in [0, 0.1) is 0 Å². The minimum absolute atomic E-state index is 0.245. The second-order valence-electron chi connectivity index (χ2n) is 4.07. The van der Waals surface area contributed by atoms with Crippen molar-refractivity contribution < 1.29 is 23.1 Å². The normalized spacial score (nSPS) is 12.6. The van der Waals surface area contributed by atoms with Crippen LogP contribution in [0.25, 0.3) is 0 Å². The van der Waals surface area contributed by atoms with Gasteiger partial charge in [-0.15, -0.1) is 0 Å². The third-order valence-corrected chi connectivity index (χ3v) is 1.97. The number of alkyl halides is 3. The van der Waals surface area contributed by atoms with E-state index < -0.39 is 23.4 Å². The van der Waals surface area contributed by atoms with Crippen LogP contribution in [0.5, 0.6) is 0 Å². The van der Waals surface area contributed by atoms with Crippen molar-refractivity contribution in [3.05, 3.63) is 23.3 Å². The predicted octanol–water partition coefficient (Wildman–Crippen LogP) is 1.93. The standard InChI is InChI=1S/C10H11F3N2O2/c1-5(16)6-4-7(9(2,3)17)15-8(14-6)10(11,12)13/h4,17H,1-3H3. The first-order valence-corrected chi connectivity index (χ1v) is 4.72. The molecule has 4 nitrogen and oxygen atoms in total. The molecule has 1 aromatic heterocycles. The van der Waals surface area contributed by atoms with Crippen molar-refractivity contribution in [2.45, 2.75) is 32.5 Å². The van der Waals surface area contributed by atoms with Gasteiger partial charge in [0.1, 0.15) is 11.3 Å². The van der Waals surface area contributed by atoms with E-state index in [0.29, 0.717) is 0 Å². The molecule has 1 aromatic rings. The summed E-state index contributed by atoms with van der Waals surface area (Å²) in [5, 5.41) is 9.62. The Labute approximate surface area is 95.5 Å². The van der Waals surface area contributed by atoms with Gasteiger partial charge in [-0.2, -0.15) is 13.2 Å². The van der Waals surface area contributed by atoms with Crippen molar-refractivity contribution in [3.63, 3.8) is 0 Å². The highest BCUT2D eigenvalue weighted by Crippen LogP contribution is 2.28. The number of hydrogen-bond donors (Lipinski definition) is 1. The summed E-state index contributed by atoms with van der Waals surface area (Å²) in [6.45, 7) is 3.65. The van der Waals surface area contributed by atoms with Crippen molar-refractivity contribution in [1.29, 1.82) is 0 Å². The van der Waals surface area contributed by atoms with Crippen LogP contribution in [0.15, 0.2) is 6.07 Å². The second kappa shape index (κ2) is 4.06. The first-order valence-electron chi connectivity index (χ1n) is 4.72. The summed E-state index contributed by atoms with van der Waals surface area (Å²) < 4.78 is 37.4. The van der Waals surface area contributed by atoms with Crippen LogP contribution >= 0.6 is 0 Å². The molecular formula is C10H11F3N2O2. The van der Waals surface area contributed by atoms with Gasteiger partial charge < -0.3 is 5.11 Å². The Balaban J connectivity index is 3.45. The van der Waals surface area contributed by atoms with Gasteiger partial charge in [-0.05, 0) is 19.9 Å². The van der Waals surface area contributed by atoms with Crippen LogP contribution < -0.4 is 0 Å². The van der Waals surface area contributed by atoms with Gasteiger partial charge in [0.2, 0.25) is 5.82 Å². The van der Waals surface area contributed by atoms with Crippen LogP contribution in [0.4, 0.5) is 13.2 Å². The SMILES string of the molecule is CC(=O)c1cc(C(C)(C)O)nc(C(F)(F)F)n1. The van der Waals surface area contributed by atoms with Crippen LogP contribution in [-0.4, -0.2) is 20.9 Å². The quantitative estimate of drug-likeness (QED) is 0.812. The molecule has 0 spiro atoms. The number of Topliss-reactive ketones (excluding diaryl/α,β-unsaturated/α-hetero) is 1. The number of aromatic nitrogens is 2. The number of nitrogens with zero attached hydrogens (tertiary/aromatic N) is 2. The second-order valence-corrected chi connectivity index (χ2v) is 4.07. The van der Waals surface area contributed by atoms with Gasteiger partial charge in [0.15, 0.2) is 5.78 Å². The molecule has 0 saturated heterocycles. The van der Waals surface area contributed by atoms with Gasteiger partial charge in [-0.1, -0.05) is 0 Å². The first-order chi connectivity index (χ1) is 7.51. The molecule has 94 valence electrons. The molecule has 1 rings (SSSR count). The van der Waals surface area contributed by atoms with E-state index >= 15 is 0 Å². The van der Waals surface area contributed by atoms with E-state index in [1.807, 2.05) is 0 Å². The predicted molar refractivity (Wildman–Crippen MR) is 52.3 cm³/mol. The third-order valence-electron chi connectivity index (χ3n) is 1.97. The fourth-order valence-electron chi connectivity index (χ4n) is 1.07. The molecule has 1 heterocycles. The number of hydrogen-bond acceptors (Lipinski definition) is 4. The average Bonchev–Trinajstić information content (AvgIpc) is 2.14. The monoisotopic (exact) mass is 248 g/mol. The highest BCUT2D eigenvalue weighted by Gasteiger charge is 2.37. The smallest absolute Gasteiger partial charge is 0.384 e. The molecule has 7 heteroatoms. The Morgan fingerprint density at radius 3 is 2.18 bits per heavy atom. The molecule has 0 saturated carbocycles. The highest BCUT2D eigenvalue weighted by atomic mass is 19.4. The summed E-state index contributed by atoms with van der Waals surface area (Å²) in [4.78, 5) is 17.4. The van der Waals surface area contributed by atoms with Crippen LogP contribution in [-0.2, 0) is 11.8 Å². The molecule has 0 fully saturated rings. The Hall–Kier alpha value is -1.50. The maximum absolute atomic E-state index is 12.5. The van der Waals surface area contributed by atoms with E-state index in [2.05, 4.69) is 9.97 Å². The molecule has 0 atom stereocenters. The summed E-state index contributed by atoms with van der Waals surface area (Å²) >= 11 is 0. The lowest BCUT2D eigenvalue weighted by atomic mass is 10.0. The van der Waals surface area contributed by atoms with E-state index in [9.17, 15) is 23.1 Å². The largest absolute Gasteiger partial charge is 0.451 e. The lowest BCUT2D eigenvalue weighted by Crippen LogP contribution is -2.23. The molecule has 0 aliphatic rings. The number of carbonyl (C=O) groups excluding carboxylic acids is 1. The molecular weight excluding hydrogens is 237 g/mol. The average molecular weight is 248 g/mol. The number of aliphatic hydroxyl groups is 1. The Kier molecular flexibility index (Phi) is 3.24. The third kappa shape index (κ3) is 3.23. The summed E-state index contributed by atoms with van der Waals surface area (Å²) in [6.07, 6.45) is -4.76. The minimum atomic E-state index is -4.76. The van der Waals surface area contributed by atoms with Crippen LogP contribution in [0.1, 0.15) is 42.8 Å². The fraction of sp³-hybridized carbons (Fsp3) is 0.500. The maximum atomic E-state index is 12.5. The maximum Gasteiger partial charge on any atom is 0.451 e. The van der Waals surface area contributed by atoms with E-state index in [0.717, 1.165) is 13.0 Å². The van der Waals surface area contributed by atoms with E-state index in [1.54, 1.807) is 0 Å². The molecule has 0 radical (unpaired) electrons. The van der Waals surface area contributed by atoms with Crippen molar-refractivity contribution in [3.8, 4) is 0 Å². The Morgan fingerprint density at radius 1 is 1.29 bits per heavy atom. The van der Waals surface area contributed by atoms with Gasteiger partial charge in [0.25, 0.3) is 0 Å². The van der Waals surface area contributed by atoms with Crippen molar-refractivity contribution in [2.24, 2.45) is 0 Å². The summed E-state index contributed by atoms with van der Waals surface area (Å²) in [6, 6.07) is 1.05. The van der Waals surface area contributed by atoms with Gasteiger partial charge in [0.05, 0.1) is 5.69 Å². The number of halogens is 3. The zero-order valence-corrected chi connectivity index (χ0v) is 9.46.